The Hall–Kier alpha value is -1.89. The molecule has 6 nitrogen and oxygen atoms in total. The molecule has 0 radical (unpaired) electrons. The van der Waals surface area contributed by atoms with Gasteiger partial charge in [-0.2, -0.15) is 8.42 Å². The summed E-state index contributed by atoms with van der Waals surface area (Å²) in [5, 5.41) is 17.3. The highest BCUT2D eigenvalue weighted by molar-refractivity contribution is 7.73. The van der Waals surface area contributed by atoms with Gasteiger partial charge in [-0.15, -0.1) is 0 Å². The number of allylic oxidation sites excluding steroid dienone is 2. The number of hydrogen-bond acceptors (Lipinski definition) is 4. The van der Waals surface area contributed by atoms with Crippen molar-refractivity contribution in [1.82, 2.24) is 0 Å². The zero-order valence-electron chi connectivity index (χ0n) is 7.30. The van der Waals surface area contributed by atoms with Crippen LogP contribution in [0.3, 0.4) is 0 Å². The first-order chi connectivity index (χ1) is 6.93. The van der Waals surface area contributed by atoms with E-state index in [9.17, 15) is 18.0 Å². The van der Waals surface area contributed by atoms with Gasteiger partial charge in [0.15, 0.2) is 0 Å². The topological polar surface area (TPSA) is 109 Å². The molecule has 0 aliphatic heterocycles. The van der Waals surface area contributed by atoms with Crippen molar-refractivity contribution >= 4 is 27.1 Å². The molecule has 2 N–H and O–H groups in total. The summed E-state index contributed by atoms with van der Waals surface area (Å²) < 4.78 is 21.1. The van der Waals surface area contributed by atoms with Gasteiger partial charge in [0.25, 0.3) is 0 Å². The molecular formula is C8H6O6S. The highest BCUT2D eigenvalue weighted by atomic mass is 32.2. The van der Waals surface area contributed by atoms with E-state index in [1.165, 1.54) is 0 Å². The van der Waals surface area contributed by atoms with E-state index in [0.717, 1.165) is 12.2 Å². The molecule has 0 aromatic rings. The standard InChI is InChI=1S/C8H6O6S/c9-7(10)5-2-1-4(15(13)14)3-6(5)8(11)12/h2-3H,1H2,(H,9,10)(H,11,12). The molecule has 0 bridgehead atoms. The van der Waals surface area contributed by atoms with E-state index in [1.807, 2.05) is 0 Å². The molecule has 0 saturated heterocycles. The van der Waals surface area contributed by atoms with Crippen LogP contribution in [-0.4, -0.2) is 35.4 Å². The predicted molar refractivity (Wildman–Crippen MR) is 50.0 cm³/mol. The zero-order chi connectivity index (χ0) is 11.6. The first-order valence-electron chi connectivity index (χ1n) is 3.77. The van der Waals surface area contributed by atoms with Crippen LogP contribution < -0.4 is 0 Å². The number of hydrogen-bond donors (Lipinski definition) is 2. The molecule has 0 amide bonds. The third-order valence-corrected chi connectivity index (χ3v) is 2.49. The molecule has 0 aromatic heterocycles. The highest BCUT2D eigenvalue weighted by Gasteiger charge is 2.23. The number of rotatable bonds is 2. The van der Waals surface area contributed by atoms with Gasteiger partial charge in [-0.05, 0) is 6.08 Å². The summed E-state index contributed by atoms with van der Waals surface area (Å²) in [4.78, 5) is 21.1. The van der Waals surface area contributed by atoms with Gasteiger partial charge < -0.3 is 10.2 Å². The van der Waals surface area contributed by atoms with Crippen molar-refractivity contribution in [1.29, 1.82) is 0 Å². The molecule has 7 heteroatoms. The van der Waals surface area contributed by atoms with E-state index >= 15 is 0 Å². The third-order valence-electron chi connectivity index (χ3n) is 1.78. The summed E-state index contributed by atoms with van der Waals surface area (Å²) in [6, 6.07) is 0. The Morgan fingerprint density at radius 2 is 1.67 bits per heavy atom. The van der Waals surface area contributed by atoms with Crippen molar-refractivity contribution < 1.29 is 28.2 Å². The van der Waals surface area contributed by atoms with Crippen LogP contribution in [0.5, 0.6) is 0 Å². The maximum Gasteiger partial charge on any atom is 0.336 e. The maximum absolute atomic E-state index is 10.7. The molecule has 80 valence electrons. The molecule has 1 rings (SSSR count). The van der Waals surface area contributed by atoms with Gasteiger partial charge in [-0.25, -0.2) is 9.59 Å². The second-order valence-electron chi connectivity index (χ2n) is 2.69. The summed E-state index contributed by atoms with van der Waals surface area (Å²) in [5.41, 5.74) is -0.912. The van der Waals surface area contributed by atoms with Crippen LogP contribution in [0, 0.1) is 0 Å². The molecule has 15 heavy (non-hydrogen) atoms. The van der Waals surface area contributed by atoms with Crippen LogP contribution >= 0.6 is 0 Å². The Kier molecular flexibility index (Phi) is 3.05. The minimum absolute atomic E-state index is 0.103. The molecule has 0 spiro atoms. The van der Waals surface area contributed by atoms with Gasteiger partial charge in [-0.1, -0.05) is 6.08 Å². The van der Waals surface area contributed by atoms with Gasteiger partial charge >= 0.3 is 11.9 Å². The Morgan fingerprint density at radius 3 is 2.07 bits per heavy atom. The number of aliphatic carboxylic acids is 2. The van der Waals surface area contributed by atoms with Crippen LogP contribution in [0.1, 0.15) is 6.42 Å². The molecule has 1 aliphatic carbocycles. The first-order valence-corrected chi connectivity index (χ1v) is 4.85. The van der Waals surface area contributed by atoms with Crippen molar-refractivity contribution in [2.24, 2.45) is 0 Å². The van der Waals surface area contributed by atoms with Gasteiger partial charge in [0.2, 0.25) is 10.3 Å². The van der Waals surface area contributed by atoms with E-state index in [2.05, 4.69) is 0 Å². The summed E-state index contributed by atoms with van der Waals surface area (Å²) in [6.45, 7) is 0. The van der Waals surface area contributed by atoms with Crippen molar-refractivity contribution in [3.63, 3.8) is 0 Å². The lowest BCUT2D eigenvalue weighted by atomic mass is 9.98. The fraction of sp³-hybridized carbons (Fsp3) is 0.125. The smallest absolute Gasteiger partial charge is 0.336 e. The maximum atomic E-state index is 10.7. The highest BCUT2D eigenvalue weighted by Crippen LogP contribution is 2.17. The van der Waals surface area contributed by atoms with Crippen LogP contribution in [0.2, 0.25) is 0 Å². The Bertz CT molecular complexity index is 511. The van der Waals surface area contributed by atoms with Gasteiger partial charge in [0.05, 0.1) is 16.0 Å². The molecule has 0 atom stereocenters. The average molecular weight is 230 g/mol. The second kappa shape index (κ2) is 4.09. The van der Waals surface area contributed by atoms with Crippen LogP contribution in [0.15, 0.2) is 23.3 Å². The summed E-state index contributed by atoms with van der Waals surface area (Å²) >= 11 is 0. The molecule has 1 aliphatic rings. The molecule has 0 aromatic carbocycles. The van der Waals surface area contributed by atoms with E-state index in [0.29, 0.717) is 0 Å². The summed E-state index contributed by atoms with van der Waals surface area (Å²) in [5.74, 6) is -2.86. The normalized spacial score (nSPS) is 15.3. The van der Waals surface area contributed by atoms with Crippen molar-refractivity contribution in [3.8, 4) is 0 Å². The Balaban J connectivity index is 3.33. The van der Waals surface area contributed by atoms with Gasteiger partial charge in [0, 0.05) is 6.42 Å². The molecular weight excluding hydrogens is 224 g/mol. The molecule has 0 unspecified atom stereocenters. The van der Waals surface area contributed by atoms with Crippen molar-refractivity contribution in [2.45, 2.75) is 6.42 Å². The van der Waals surface area contributed by atoms with E-state index in [4.69, 9.17) is 10.2 Å². The molecule has 0 heterocycles. The van der Waals surface area contributed by atoms with Crippen molar-refractivity contribution in [3.05, 3.63) is 23.3 Å². The lowest BCUT2D eigenvalue weighted by molar-refractivity contribution is -0.136. The van der Waals surface area contributed by atoms with E-state index in [1.54, 1.807) is 0 Å². The van der Waals surface area contributed by atoms with Gasteiger partial charge in [0.1, 0.15) is 0 Å². The van der Waals surface area contributed by atoms with Gasteiger partial charge in [-0.3, -0.25) is 0 Å². The monoisotopic (exact) mass is 230 g/mol. The Labute approximate surface area is 85.7 Å². The lowest BCUT2D eigenvalue weighted by Crippen LogP contribution is -2.16. The lowest BCUT2D eigenvalue weighted by Gasteiger charge is -2.08. The number of carbonyl (C=O) groups is 2. The average Bonchev–Trinajstić information content (AvgIpc) is 2.16. The van der Waals surface area contributed by atoms with Crippen LogP contribution in [0.4, 0.5) is 0 Å². The first kappa shape index (κ1) is 11.2. The number of carboxylic acids is 2. The summed E-state index contributed by atoms with van der Waals surface area (Å²) in [6.07, 6.45) is 1.82. The van der Waals surface area contributed by atoms with Crippen LogP contribution in [0.25, 0.3) is 0 Å². The fourth-order valence-electron chi connectivity index (χ4n) is 1.11. The summed E-state index contributed by atoms with van der Waals surface area (Å²) in [7, 11) is -2.53. The largest absolute Gasteiger partial charge is 0.478 e. The zero-order valence-corrected chi connectivity index (χ0v) is 8.11. The predicted octanol–water partition coefficient (Wildman–Crippen LogP) is -0.536. The van der Waals surface area contributed by atoms with Crippen molar-refractivity contribution in [2.75, 3.05) is 0 Å². The minimum atomic E-state index is -2.53. The molecule has 0 fully saturated rings. The fourth-order valence-corrected chi connectivity index (χ4v) is 1.54. The quantitative estimate of drug-likeness (QED) is 0.617. The Morgan fingerprint density at radius 1 is 1.13 bits per heavy atom. The second-order valence-corrected chi connectivity index (χ2v) is 3.69. The van der Waals surface area contributed by atoms with E-state index in [-0.39, 0.29) is 11.3 Å². The minimum Gasteiger partial charge on any atom is -0.478 e. The molecule has 0 saturated carbocycles. The van der Waals surface area contributed by atoms with E-state index < -0.39 is 33.4 Å². The SMILES string of the molecule is O=C(O)C1=CCC(=S(=O)=O)C=C1C(=O)O. The van der Waals surface area contributed by atoms with Crippen LogP contribution in [-0.2, 0) is 19.9 Å². The number of carboxylic acid groups (broad SMARTS) is 2. The third kappa shape index (κ3) is 2.32.